The molecule has 1 aliphatic carbocycles. The van der Waals surface area contributed by atoms with Gasteiger partial charge in [0.15, 0.2) is 0 Å². The normalized spacial score (nSPS) is 16.0. The van der Waals surface area contributed by atoms with Crippen molar-refractivity contribution in [1.29, 1.82) is 0 Å². The summed E-state index contributed by atoms with van der Waals surface area (Å²) >= 11 is 0. The fourth-order valence-corrected chi connectivity index (χ4v) is 3.37. The molecule has 0 aliphatic heterocycles. The van der Waals surface area contributed by atoms with Gasteiger partial charge in [0.25, 0.3) is 11.8 Å². The van der Waals surface area contributed by atoms with E-state index in [0.29, 0.717) is 17.0 Å². The number of nitrogens with zero attached hydrogens (tertiary/aromatic N) is 2. The van der Waals surface area contributed by atoms with E-state index in [1.54, 1.807) is 19.3 Å². The van der Waals surface area contributed by atoms with E-state index in [-0.39, 0.29) is 17.9 Å². The largest absolute Gasteiger partial charge is 0.494 e. The number of nitrogens with one attached hydrogen (secondary N) is 2. The van der Waals surface area contributed by atoms with Crippen LogP contribution in [0.5, 0.6) is 5.75 Å². The van der Waals surface area contributed by atoms with Crippen molar-refractivity contribution in [2.45, 2.75) is 25.3 Å². The second kappa shape index (κ2) is 6.96. The SMILES string of the molecule is CNC(=O)c1cc2c(n1C)CCCC2NC(=O)c1ccncc1OC. The number of ether oxygens (including phenoxy) is 1. The van der Waals surface area contributed by atoms with Crippen LogP contribution < -0.4 is 15.4 Å². The van der Waals surface area contributed by atoms with Crippen molar-refractivity contribution >= 4 is 11.8 Å². The van der Waals surface area contributed by atoms with Gasteiger partial charge in [0.2, 0.25) is 0 Å². The molecule has 132 valence electrons. The molecule has 0 saturated carbocycles. The summed E-state index contributed by atoms with van der Waals surface area (Å²) < 4.78 is 7.13. The molecule has 0 fully saturated rings. The Morgan fingerprint density at radius 3 is 2.88 bits per heavy atom. The van der Waals surface area contributed by atoms with Crippen LogP contribution in [-0.2, 0) is 13.5 Å². The number of fused-ring (bicyclic) bond motifs is 1. The standard InChI is InChI=1S/C18H22N4O3/c1-19-18(24)15-9-12-13(5-4-6-14(12)22(15)2)21-17(23)11-7-8-20-10-16(11)25-3/h7-10,13H,4-6H2,1-3H3,(H,19,24)(H,21,23). The molecule has 3 rings (SSSR count). The molecule has 2 N–H and O–H groups in total. The molecule has 2 amide bonds. The van der Waals surface area contributed by atoms with Crippen LogP contribution in [0.2, 0.25) is 0 Å². The van der Waals surface area contributed by atoms with Crippen LogP contribution in [0.1, 0.15) is 51.0 Å². The topological polar surface area (TPSA) is 85.3 Å². The number of hydrogen-bond donors (Lipinski definition) is 2. The Balaban J connectivity index is 1.88. The zero-order valence-corrected chi connectivity index (χ0v) is 14.6. The minimum Gasteiger partial charge on any atom is -0.494 e. The minimum absolute atomic E-state index is 0.126. The molecular formula is C18H22N4O3. The maximum atomic E-state index is 12.7. The number of hydrogen-bond acceptors (Lipinski definition) is 4. The number of carbonyl (C=O) groups is 2. The predicted molar refractivity (Wildman–Crippen MR) is 92.7 cm³/mol. The Morgan fingerprint density at radius 1 is 1.36 bits per heavy atom. The summed E-state index contributed by atoms with van der Waals surface area (Å²) in [6.07, 6.45) is 5.77. The number of carbonyl (C=O) groups excluding carboxylic acids is 2. The van der Waals surface area contributed by atoms with Crippen LogP contribution in [0, 0.1) is 0 Å². The molecule has 1 atom stereocenters. The Kier molecular flexibility index (Phi) is 4.74. The summed E-state index contributed by atoms with van der Waals surface area (Å²) in [5.74, 6) is 0.107. The lowest BCUT2D eigenvalue weighted by Gasteiger charge is -2.25. The predicted octanol–water partition coefficient (Wildman–Crippen LogP) is 1.60. The second-order valence-electron chi connectivity index (χ2n) is 6.06. The molecule has 2 aromatic rings. The number of rotatable bonds is 4. The first-order chi connectivity index (χ1) is 12.1. The average Bonchev–Trinajstić information content (AvgIpc) is 2.99. The van der Waals surface area contributed by atoms with Crippen LogP contribution in [0.3, 0.4) is 0 Å². The number of amides is 2. The van der Waals surface area contributed by atoms with Gasteiger partial charge in [-0.25, -0.2) is 0 Å². The van der Waals surface area contributed by atoms with Crippen molar-refractivity contribution in [3.63, 3.8) is 0 Å². The Morgan fingerprint density at radius 2 is 2.16 bits per heavy atom. The lowest BCUT2D eigenvalue weighted by Crippen LogP contribution is -2.31. The first-order valence-corrected chi connectivity index (χ1v) is 8.26. The van der Waals surface area contributed by atoms with E-state index in [2.05, 4.69) is 15.6 Å². The zero-order valence-electron chi connectivity index (χ0n) is 14.6. The van der Waals surface area contributed by atoms with Gasteiger partial charge < -0.3 is 19.9 Å². The summed E-state index contributed by atoms with van der Waals surface area (Å²) in [4.78, 5) is 28.7. The van der Waals surface area contributed by atoms with Gasteiger partial charge >= 0.3 is 0 Å². The third kappa shape index (κ3) is 3.09. The average molecular weight is 342 g/mol. The summed E-state index contributed by atoms with van der Waals surface area (Å²) in [6.45, 7) is 0. The third-order valence-electron chi connectivity index (χ3n) is 4.69. The molecule has 0 bridgehead atoms. The van der Waals surface area contributed by atoms with Crippen molar-refractivity contribution < 1.29 is 14.3 Å². The van der Waals surface area contributed by atoms with E-state index in [0.717, 1.165) is 30.5 Å². The molecule has 0 aromatic carbocycles. The van der Waals surface area contributed by atoms with Crippen LogP contribution in [0.15, 0.2) is 24.5 Å². The highest BCUT2D eigenvalue weighted by atomic mass is 16.5. The molecule has 2 heterocycles. The molecule has 1 aliphatic rings. The van der Waals surface area contributed by atoms with Crippen LogP contribution >= 0.6 is 0 Å². The van der Waals surface area contributed by atoms with Crippen molar-refractivity contribution in [3.8, 4) is 5.75 Å². The van der Waals surface area contributed by atoms with Crippen molar-refractivity contribution in [1.82, 2.24) is 20.2 Å². The van der Waals surface area contributed by atoms with E-state index >= 15 is 0 Å². The van der Waals surface area contributed by atoms with Crippen molar-refractivity contribution in [3.05, 3.63) is 47.0 Å². The number of pyridine rings is 1. The molecule has 0 saturated heterocycles. The number of methoxy groups -OCH3 is 1. The molecule has 2 aromatic heterocycles. The van der Waals surface area contributed by atoms with Crippen LogP contribution in [0.25, 0.3) is 0 Å². The van der Waals surface area contributed by atoms with Gasteiger partial charge in [0.1, 0.15) is 11.4 Å². The van der Waals surface area contributed by atoms with Crippen molar-refractivity contribution in [2.75, 3.05) is 14.2 Å². The zero-order chi connectivity index (χ0) is 18.0. The van der Waals surface area contributed by atoms with Crippen LogP contribution in [0.4, 0.5) is 0 Å². The minimum atomic E-state index is -0.206. The van der Waals surface area contributed by atoms with Crippen LogP contribution in [-0.4, -0.2) is 35.5 Å². The van der Waals surface area contributed by atoms with E-state index in [1.807, 2.05) is 17.7 Å². The Hall–Kier alpha value is -2.83. The second-order valence-corrected chi connectivity index (χ2v) is 6.06. The Labute approximate surface area is 146 Å². The molecule has 7 heteroatoms. The fourth-order valence-electron chi connectivity index (χ4n) is 3.37. The fraction of sp³-hybridized carbons (Fsp3) is 0.389. The van der Waals surface area contributed by atoms with Gasteiger partial charge in [-0.05, 0) is 37.0 Å². The lowest BCUT2D eigenvalue weighted by atomic mass is 9.92. The maximum Gasteiger partial charge on any atom is 0.267 e. The van der Waals surface area contributed by atoms with Gasteiger partial charge in [-0.1, -0.05) is 0 Å². The van der Waals surface area contributed by atoms with E-state index in [4.69, 9.17) is 4.74 Å². The highest BCUT2D eigenvalue weighted by Gasteiger charge is 2.28. The summed E-state index contributed by atoms with van der Waals surface area (Å²) in [6, 6.07) is 3.39. The molecular weight excluding hydrogens is 320 g/mol. The molecule has 1 unspecified atom stereocenters. The highest BCUT2D eigenvalue weighted by molar-refractivity contribution is 5.97. The van der Waals surface area contributed by atoms with Gasteiger partial charge in [0, 0.05) is 26.0 Å². The first-order valence-electron chi connectivity index (χ1n) is 8.26. The monoisotopic (exact) mass is 342 g/mol. The van der Waals surface area contributed by atoms with Gasteiger partial charge in [0.05, 0.1) is 24.9 Å². The highest BCUT2D eigenvalue weighted by Crippen LogP contribution is 2.32. The number of aromatic nitrogens is 2. The smallest absolute Gasteiger partial charge is 0.267 e. The Bertz CT molecular complexity index is 813. The van der Waals surface area contributed by atoms with E-state index in [9.17, 15) is 9.59 Å². The molecule has 0 radical (unpaired) electrons. The summed E-state index contributed by atoms with van der Waals surface area (Å²) in [5, 5.41) is 5.73. The molecule has 25 heavy (non-hydrogen) atoms. The maximum absolute atomic E-state index is 12.7. The third-order valence-corrected chi connectivity index (χ3v) is 4.69. The molecule has 0 spiro atoms. The van der Waals surface area contributed by atoms with Gasteiger partial charge in [-0.3, -0.25) is 14.6 Å². The lowest BCUT2D eigenvalue weighted by molar-refractivity contribution is 0.0927. The summed E-state index contributed by atoms with van der Waals surface area (Å²) in [7, 11) is 5.02. The van der Waals surface area contributed by atoms with E-state index < -0.39 is 0 Å². The quantitative estimate of drug-likeness (QED) is 0.884. The van der Waals surface area contributed by atoms with E-state index in [1.165, 1.54) is 13.3 Å². The van der Waals surface area contributed by atoms with Crippen molar-refractivity contribution in [2.24, 2.45) is 7.05 Å². The molecule has 7 nitrogen and oxygen atoms in total. The van der Waals surface area contributed by atoms with Gasteiger partial charge in [-0.2, -0.15) is 0 Å². The first kappa shape index (κ1) is 17.0. The van der Waals surface area contributed by atoms with Gasteiger partial charge in [-0.15, -0.1) is 0 Å². The summed E-state index contributed by atoms with van der Waals surface area (Å²) in [5.41, 5.74) is 3.16.